The number of methoxy groups -OCH3 is 2. The largest absolute Gasteiger partial charge is 0.471 e. The first-order valence-corrected chi connectivity index (χ1v) is 9.40. The Balaban J connectivity index is 1.82. The molecule has 10 atom stereocenters. The number of hydrogen-bond donors (Lipinski definition) is 4. The van der Waals surface area contributed by atoms with Gasteiger partial charge in [-0.25, -0.2) is 4.79 Å². The molecule has 0 saturated carbocycles. The number of hydrogen-bond acceptors (Lipinski definition) is 11. The highest BCUT2D eigenvalue weighted by molar-refractivity contribution is 5.88. The molecule has 0 bridgehead atoms. The van der Waals surface area contributed by atoms with Gasteiger partial charge in [0.25, 0.3) is 0 Å². The van der Waals surface area contributed by atoms with Crippen LogP contribution in [-0.4, -0.2) is 96.6 Å². The molecule has 0 aromatic heterocycles. The van der Waals surface area contributed by atoms with Crippen molar-refractivity contribution in [3.05, 3.63) is 11.8 Å². The molecular formula is C18H28O11. The van der Waals surface area contributed by atoms with E-state index < -0.39 is 67.9 Å². The molecule has 3 rings (SSSR count). The molecule has 4 N–H and O–H groups in total. The molecule has 2 saturated heterocycles. The molecule has 0 spiro atoms. The first-order chi connectivity index (χ1) is 13.8. The summed E-state index contributed by atoms with van der Waals surface area (Å²) >= 11 is 0. The number of aliphatic hydroxyl groups excluding tert-OH is 4. The highest BCUT2D eigenvalue weighted by Crippen LogP contribution is 2.43. The van der Waals surface area contributed by atoms with Gasteiger partial charge in [-0.3, -0.25) is 0 Å². The van der Waals surface area contributed by atoms with Crippen LogP contribution in [-0.2, 0) is 33.2 Å². The summed E-state index contributed by atoms with van der Waals surface area (Å²) in [6.07, 6.45) is -7.54. The van der Waals surface area contributed by atoms with E-state index in [1.807, 2.05) is 0 Å². The Labute approximate surface area is 167 Å². The molecule has 0 aromatic rings. The Morgan fingerprint density at radius 3 is 2.48 bits per heavy atom. The molecule has 11 heteroatoms. The van der Waals surface area contributed by atoms with E-state index >= 15 is 0 Å². The minimum Gasteiger partial charge on any atom is -0.471 e. The molecule has 0 aromatic carbocycles. The number of fused-ring (bicyclic) bond motifs is 1. The first-order valence-electron chi connectivity index (χ1n) is 9.40. The minimum absolute atomic E-state index is 0.309. The maximum Gasteiger partial charge on any atom is 0.337 e. The first kappa shape index (κ1) is 22.4. The Kier molecular flexibility index (Phi) is 7.12. The van der Waals surface area contributed by atoms with E-state index in [4.69, 9.17) is 28.4 Å². The van der Waals surface area contributed by atoms with Crippen LogP contribution in [0.2, 0.25) is 0 Å². The molecule has 3 aliphatic heterocycles. The molecule has 0 amide bonds. The number of rotatable bonds is 5. The zero-order chi connectivity index (χ0) is 21.3. The summed E-state index contributed by atoms with van der Waals surface area (Å²) in [7, 11) is 2.77. The van der Waals surface area contributed by atoms with Crippen LogP contribution in [0.1, 0.15) is 13.3 Å². The van der Waals surface area contributed by atoms with Crippen LogP contribution in [0.15, 0.2) is 11.8 Å². The predicted molar refractivity (Wildman–Crippen MR) is 92.8 cm³/mol. The summed E-state index contributed by atoms with van der Waals surface area (Å²) in [5.74, 6) is -1.40. The van der Waals surface area contributed by atoms with Gasteiger partial charge in [-0.15, -0.1) is 0 Å². The van der Waals surface area contributed by atoms with Crippen LogP contribution in [0.4, 0.5) is 0 Å². The number of carbonyl (C=O) groups is 1. The minimum atomic E-state index is -1.58. The number of esters is 1. The quantitative estimate of drug-likeness (QED) is 0.374. The van der Waals surface area contributed by atoms with Crippen molar-refractivity contribution < 1.29 is 53.6 Å². The van der Waals surface area contributed by atoms with Crippen LogP contribution in [0, 0.1) is 11.8 Å². The van der Waals surface area contributed by atoms with E-state index in [2.05, 4.69) is 0 Å². The number of ether oxygens (including phenoxy) is 6. The Morgan fingerprint density at radius 2 is 1.86 bits per heavy atom. The lowest BCUT2D eigenvalue weighted by atomic mass is 9.77. The van der Waals surface area contributed by atoms with Crippen LogP contribution < -0.4 is 0 Å². The molecule has 0 aliphatic carbocycles. The van der Waals surface area contributed by atoms with Crippen LogP contribution in [0.25, 0.3) is 0 Å². The van der Waals surface area contributed by atoms with Crippen molar-refractivity contribution in [1.29, 1.82) is 0 Å². The zero-order valence-corrected chi connectivity index (χ0v) is 16.4. The maximum absolute atomic E-state index is 12.2. The van der Waals surface area contributed by atoms with Crippen molar-refractivity contribution >= 4 is 5.97 Å². The highest BCUT2D eigenvalue weighted by Gasteiger charge is 2.51. The average molecular weight is 420 g/mol. The van der Waals surface area contributed by atoms with Gasteiger partial charge in [-0.05, 0) is 6.92 Å². The predicted octanol–water partition coefficient (Wildman–Crippen LogP) is -1.77. The Morgan fingerprint density at radius 1 is 1.14 bits per heavy atom. The van der Waals surface area contributed by atoms with Crippen molar-refractivity contribution in [1.82, 2.24) is 0 Å². The number of aliphatic hydroxyl groups is 4. The summed E-state index contributed by atoms with van der Waals surface area (Å²) in [6.45, 7) is 1.19. The van der Waals surface area contributed by atoms with Crippen LogP contribution in [0.3, 0.4) is 0 Å². The number of carbonyl (C=O) groups excluding carboxylic acids is 1. The second-order valence-corrected chi connectivity index (χ2v) is 7.33. The van der Waals surface area contributed by atoms with Gasteiger partial charge in [0.1, 0.15) is 24.4 Å². The fraction of sp³-hybridized carbons (Fsp3) is 0.833. The van der Waals surface area contributed by atoms with Crippen molar-refractivity contribution in [2.45, 2.75) is 62.7 Å². The fourth-order valence-corrected chi connectivity index (χ4v) is 4.04. The van der Waals surface area contributed by atoms with Crippen molar-refractivity contribution in [2.24, 2.45) is 11.8 Å². The molecule has 11 nitrogen and oxygen atoms in total. The van der Waals surface area contributed by atoms with E-state index in [0.29, 0.717) is 12.0 Å². The third kappa shape index (κ3) is 4.28. The SMILES string of the molecule is COC(=O)C1=CO[C@@H](O[C@@H]2O[C@H](CO)[C@@H](O)[C@H](O)[C@H]2O)[C@@H]2[C@H](C)O[C@H](OC)C[C@H]12. The van der Waals surface area contributed by atoms with Crippen molar-refractivity contribution in [2.75, 3.05) is 20.8 Å². The molecule has 29 heavy (non-hydrogen) atoms. The van der Waals surface area contributed by atoms with E-state index in [1.54, 1.807) is 6.92 Å². The van der Waals surface area contributed by atoms with Gasteiger partial charge in [0.15, 0.2) is 12.6 Å². The molecule has 0 radical (unpaired) electrons. The van der Waals surface area contributed by atoms with Gasteiger partial charge in [0, 0.05) is 19.4 Å². The van der Waals surface area contributed by atoms with Gasteiger partial charge >= 0.3 is 5.97 Å². The highest BCUT2D eigenvalue weighted by atomic mass is 16.8. The van der Waals surface area contributed by atoms with Gasteiger partial charge in [-0.2, -0.15) is 0 Å². The lowest BCUT2D eigenvalue weighted by Gasteiger charge is -2.47. The molecular weight excluding hydrogens is 392 g/mol. The normalized spacial score (nSPS) is 45.0. The summed E-state index contributed by atoms with van der Waals surface area (Å²) in [6, 6.07) is 0. The second-order valence-electron chi connectivity index (χ2n) is 7.33. The third-order valence-corrected chi connectivity index (χ3v) is 5.66. The Hall–Kier alpha value is -1.31. The molecule has 0 unspecified atom stereocenters. The van der Waals surface area contributed by atoms with Gasteiger partial charge in [0.05, 0.1) is 37.6 Å². The molecule has 3 aliphatic rings. The average Bonchev–Trinajstić information content (AvgIpc) is 2.73. The lowest BCUT2D eigenvalue weighted by Crippen LogP contribution is -2.61. The van der Waals surface area contributed by atoms with E-state index in [1.165, 1.54) is 20.5 Å². The summed E-state index contributed by atoms with van der Waals surface area (Å²) in [4.78, 5) is 12.2. The van der Waals surface area contributed by atoms with E-state index in [0.717, 1.165) is 0 Å². The summed E-state index contributed by atoms with van der Waals surface area (Å²) in [5, 5.41) is 39.5. The summed E-state index contributed by atoms with van der Waals surface area (Å²) < 4.78 is 32.7. The van der Waals surface area contributed by atoms with E-state index in [-0.39, 0.29) is 5.92 Å². The van der Waals surface area contributed by atoms with Crippen molar-refractivity contribution in [3.8, 4) is 0 Å². The standard InChI is InChI=1S/C18H28O11/c1-7-12-8(4-11(24-2)27-7)9(16(23)25-3)6-26-17(12)29-18-15(22)14(21)13(20)10(5-19)28-18/h6-8,10-15,17-22H,4-5H2,1-3H3/t7-,8+,10+,11-,12+,13+,14-,15+,17-,18-/m0/s1. The molecule has 166 valence electrons. The van der Waals surface area contributed by atoms with Crippen LogP contribution >= 0.6 is 0 Å². The van der Waals surface area contributed by atoms with E-state index in [9.17, 15) is 25.2 Å². The van der Waals surface area contributed by atoms with Crippen molar-refractivity contribution in [3.63, 3.8) is 0 Å². The third-order valence-electron chi connectivity index (χ3n) is 5.66. The topological polar surface area (TPSA) is 153 Å². The second kappa shape index (κ2) is 9.23. The Bertz CT molecular complexity index is 609. The van der Waals surface area contributed by atoms with Crippen LogP contribution in [0.5, 0.6) is 0 Å². The zero-order valence-electron chi connectivity index (χ0n) is 16.4. The molecule has 2 fully saturated rings. The fourth-order valence-electron chi connectivity index (χ4n) is 4.04. The van der Waals surface area contributed by atoms with Gasteiger partial charge < -0.3 is 48.8 Å². The smallest absolute Gasteiger partial charge is 0.337 e. The molecule has 3 heterocycles. The summed E-state index contributed by atoms with van der Waals surface area (Å²) in [5.41, 5.74) is 0.309. The van der Waals surface area contributed by atoms with Gasteiger partial charge in [-0.1, -0.05) is 0 Å². The van der Waals surface area contributed by atoms with Gasteiger partial charge in [0.2, 0.25) is 6.29 Å². The monoisotopic (exact) mass is 420 g/mol. The maximum atomic E-state index is 12.2. The lowest BCUT2D eigenvalue weighted by molar-refractivity contribution is -0.352.